The van der Waals surface area contributed by atoms with Crippen LogP contribution in [-0.2, 0) is 16.1 Å². The van der Waals surface area contributed by atoms with E-state index in [0.29, 0.717) is 22.5 Å². The quantitative estimate of drug-likeness (QED) is 0.420. The fourth-order valence-corrected chi connectivity index (χ4v) is 4.70. The summed E-state index contributed by atoms with van der Waals surface area (Å²) in [6.07, 6.45) is 0. The molecule has 8 nitrogen and oxygen atoms in total. The summed E-state index contributed by atoms with van der Waals surface area (Å²) in [4.78, 5) is 28.8. The smallest absolute Gasteiger partial charge is 0.294 e. The number of ether oxygens (including phenoxy) is 3. The zero-order chi connectivity index (χ0) is 25.3. The first-order chi connectivity index (χ1) is 17.5. The molecule has 5 rings (SSSR count). The number of hydrogen-bond donors (Lipinski definition) is 1. The molecule has 0 bridgehead atoms. The number of benzene rings is 3. The number of amides is 2. The summed E-state index contributed by atoms with van der Waals surface area (Å²) in [7, 11) is 3.17. The number of nitrogens with one attached hydrogen (secondary N) is 1. The van der Waals surface area contributed by atoms with E-state index in [1.54, 1.807) is 27.2 Å². The van der Waals surface area contributed by atoms with Gasteiger partial charge in [-0.25, -0.2) is 0 Å². The monoisotopic (exact) mass is 488 g/mol. The molecule has 0 saturated heterocycles. The Kier molecular flexibility index (Phi) is 6.28. The van der Waals surface area contributed by atoms with E-state index < -0.39 is 11.4 Å². The van der Waals surface area contributed by atoms with Crippen molar-refractivity contribution in [1.82, 2.24) is 10.2 Å². The summed E-state index contributed by atoms with van der Waals surface area (Å²) in [6, 6.07) is 19.1. The molecule has 186 valence electrons. The maximum absolute atomic E-state index is 13.7. The zero-order valence-electron chi connectivity index (χ0n) is 20.5. The Labute approximate surface area is 208 Å². The van der Waals surface area contributed by atoms with Crippen LogP contribution in [0.4, 0.5) is 0 Å². The van der Waals surface area contributed by atoms with E-state index in [1.165, 1.54) is 4.90 Å². The number of nitrogens with zero attached hydrogens (tertiary/aromatic N) is 1. The Bertz CT molecular complexity index is 1440. The Morgan fingerprint density at radius 3 is 2.58 bits per heavy atom. The minimum atomic E-state index is -1.30. The van der Waals surface area contributed by atoms with E-state index in [-0.39, 0.29) is 38.0 Å². The van der Waals surface area contributed by atoms with E-state index in [2.05, 4.69) is 5.32 Å². The van der Waals surface area contributed by atoms with Crippen molar-refractivity contribution in [2.24, 2.45) is 0 Å². The summed E-state index contributed by atoms with van der Waals surface area (Å²) in [5.41, 5.74) is 0.0804. The highest BCUT2D eigenvalue weighted by Crippen LogP contribution is 2.38. The molecular weight excluding hydrogens is 460 g/mol. The number of methoxy groups -OCH3 is 2. The van der Waals surface area contributed by atoms with Gasteiger partial charge in [0.2, 0.25) is 11.7 Å². The first kappa shape index (κ1) is 23.7. The number of carbonyl (C=O) groups excluding carboxylic acids is 2. The summed E-state index contributed by atoms with van der Waals surface area (Å²) in [5.74, 6) is 0.368. The van der Waals surface area contributed by atoms with Crippen LogP contribution in [0.5, 0.6) is 11.5 Å². The van der Waals surface area contributed by atoms with Gasteiger partial charge in [0.1, 0.15) is 17.9 Å². The molecule has 0 saturated carbocycles. The van der Waals surface area contributed by atoms with Crippen molar-refractivity contribution in [2.45, 2.75) is 19.0 Å². The van der Waals surface area contributed by atoms with Gasteiger partial charge in [0, 0.05) is 31.1 Å². The first-order valence-corrected chi connectivity index (χ1v) is 11.8. The summed E-state index contributed by atoms with van der Waals surface area (Å²) in [5, 5.41) is 5.70. The lowest BCUT2D eigenvalue weighted by atomic mass is 9.98. The second-order valence-electron chi connectivity index (χ2n) is 8.93. The average Bonchev–Trinajstić information content (AvgIpc) is 3.24. The number of fused-ring (bicyclic) bond motifs is 4. The van der Waals surface area contributed by atoms with Gasteiger partial charge in [-0.1, -0.05) is 48.5 Å². The summed E-state index contributed by atoms with van der Waals surface area (Å²) in [6.45, 7) is 2.32. The highest BCUT2D eigenvalue weighted by atomic mass is 16.5. The first-order valence-electron chi connectivity index (χ1n) is 11.8. The van der Waals surface area contributed by atoms with Crippen LogP contribution in [0.3, 0.4) is 0 Å². The highest BCUT2D eigenvalue weighted by molar-refractivity contribution is 6.04. The lowest BCUT2D eigenvalue weighted by Crippen LogP contribution is -2.61. The topological polar surface area (TPSA) is 90.2 Å². The van der Waals surface area contributed by atoms with Crippen LogP contribution in [0.1, 0.15) is 23.0 Å². The molecule has 4 aromatic rings. The molecule has 0 spiro atoms. The standard InChI is InChI=1S/C28H28N2O6/c1-28(27(32)29-16-19-13-12-18-8-4-5-9-20(18)23(19)34-3)17-35-24-21-10-6-7-11-22(21)36-25(24)26(31)30(28)14-15-33-2/h4-13H,14-17H2,1-3H3,(H,29,32). The van der Waals surface area contributed by atoms with Gasteiger partial charge < -0.3 is 28.8 Å². The van der Waals surface area contributed by atoms with Gasteiger partial charge in [-0.15, -0.1) is 0 Å². The summed E-state index contributed by atoms with van der Waals surface area (Å²) < 4.78 is 22.9. The van der Waals surface area contributed by atoms with Crippen LogP contribution in [0.2, 0.25) is 0 Å². The highest BCUT2D eigenvalue weighted by Gasteiger charge is 2.47. The van der Waals surface area contributed by atoms with Crippen molar-refractivity contribution in [1.29, 1.82) is 0 Å². The van der Waals surface area contributed by atoms with Gasteiger partial charge in [-0.2, -0.15) is 0 Å². The SMILES string of the molecule is COCCN1C(=O)c2oc3ccccc3c2OCC1(C)C(=O)NCc1ccc2ccccc2c1OC. The molecule has 0 aliphatic carbocycles. The van der Waals surface area contributed by atoms with Gasteiger partial charge in [0.05, 0.1) is 19.1 Å². The molecule has 1 N–H and O–H groups in total. The molecule has 1 aliphatic rings. The van der Waals surface area contributed by atoms with Crippen LogP contribution >= 0.6 is 0 Å². The summed E-state index contributed by atoms with van der Waals surface area (Å²) >= 11 is 0. The van der Waals surface area contributed by atoms with Crippen LogP contribution < -0.4 is 14.8 Å². The molecular formula is C28H28N2O6. The van der Waals surface area contributed by atoms with Gasteiger partial charge in [0.15, 0.2) is 11.3 Å². The van der Waals surface area contributed by atoms with E-state index >= 15 is 0 Å². The largest absolute Gasteiger partial charge is 0.496 e. The number of carbonyl (C=O) groups is 2. The van der Waals surface area contributed by atoms with Crippen molar-refractivity contribution in [2.75, 3.05) is 34.0 Å². The molecule has 0 fully saturated rings. The Hall–Kier alpha value is -4.04. The molecule has 8 heteroatoms. The molecule has 36 heavy (non-hydrogen) atoms. The molecule has 1 aromatic heterocycles. The minimum Gasteiger partial charge on any atom is -0.496 e. The third-order valence-electron chi connectivity index (χ3n) is 6.70. The molecule has 0 radical (unpaired) electrons. The Morgan fingerprint density at radius 2 is 1.81 bits per heavy atom. The maximum atomic E-state index is 13.7. The maximum Gasteiger partial charge on any atom is 0.294 e. The van der Waals surface area contributed by atoms with Gasteiger partial charge in [0.25, 0.3) is 5.91 Å². The van der Waals surface area contributed by atoms with E-state index in [1.807, 2.05) is 54.6 Å². The fraction of sp³-hybridized carbons (Fsp3) is 0.286. The minimum absolute atomic E-state index is 0.0420. The van der Waals surface area contributed by atoms with Crippen molar-refractivity contribution < 1.29 is 28.2 Å². The van der Waals surface area contributed by atoms with Crippen molar-refractivity contribution in [3.8, 4) is 11.5 Å². The van der Waals surface area contributed by atoms with Gasteiger partial charge in [-0.3, -0.25) is 9.59 Å². The molecule has 2 heterocycles. The van der Waals surface area contributed by atoms with E-state index in [4.69, 9.17) is 18.6 Å². The fourth-order valence-electron chi connectivity index (χ4n) is 4.70. The van der Waals surface area contributed by atoms with E-state index in [9.17, 15) is 9.59 Å². The second kappa shape index (κ2) is 9.54. The van der Waals surface area contributed by atoms with Gasteiger partial charge >= 0.3 is 0 Å². The predicted octanol–water partition coefficient (Wildman–Crippen LogP) is 4.15. The van der Waals surface area contributed by atoms with Crippen LogP contribution in [0, 0.1) is 0 Å². The van der Waals surface area contributed by atoms with Gasteiger partial charge in [-0.05, 0) is 24.4 Å². The number of furan rings is 1. The molecule has 1 unspecified atom stereocenters. The van der Waals surface area contributed by atoms with Crippen molar-refractivity contribution >= 4 is 33.6 Å². The van der Waals surface area contributed by atoms with E-state index in [0.717, 1.165) is 16.3 Å². The van der Waals surface area contributed by atoms with Crippen LogP contribution in [-0.4, -0.2) is 56.2 Å². The molecule has 1 aliphatic heterocycles. The normalized spacial score (nSPS) is 17.5. The third kappa shape index (κ3) is 3.93. The zero-order valence-corrected chi connectivity index (χ0v) is 20.5. The Morgan fingerprint density at radius 1 is 1.06 bits per heavy atom. The second-order valence-corrected chi connectivity index (χ2v) is 8.93. The molecule has 2 amide bonds. The average molecular weight is 489 g/mol. The number of rotatable bonds is 7. The van der Waals surface area contributed by atoms with Crippen LogP contribution in [0.15, 0.2) is 65.1 Å². The molecule has 3 aromatic carbocycles. The molecule has 1 atom stereocenters. The Balaban J connectivity index is 1.45. The van der Waals surface area contributed by atoms with Crippen molar-refractivity contribution in [3.05, 3.63) is 72.0 Å². The lowest BCUT2D eigenvalue weighted by molar-refractivity contribution is -0.133. The van der Waals surface area contributed by atoms with Crippen LogP contribution in [0.25, 0.3) is 21.7 Å². The van der Waals surface area contributed by atoms with Crippen molar-refractivity contribution in [3.63, 3.8) is 0 Å². The lowest BCUT2D eigenvalue weighted by Gasteiger charge is -2.37. The number of hydrogen-bond acceptors (Lipinski definition) is 6. The number of para-hydroxylation sites is 1. The predicted molar refractivity (Wildman–Crippen MR) is 135 cm³/mol. The third-order valence-corrected chi connectivity index (χ3v) is 6.70.